The molecular formula is C14H14O3S. The lowest BCUT2D eigenvalue weighted by molar-refractivity contribution is 0.474. The van der Waals surface area contributed by atoms with Crippen molar-refractivity contribution in [2.75, 3.05) is 0 Å². The number of hydrogen-bond donors (Lipinski definition) is 2. The van der Waals surface area contributed by atoms with Gasteiger partial charge in [0.05, 0.1) is 0 Å². The summed E-state index contributed by atoms with van der Waals surface area (Å²) in [6.07, 6.45) is 0. The van der Waals surface area contributed by atoms with Gasteiger partial charge < -0.3 is 14.8 Å². The Balaban J connectivity index is 2.44. The van der Waals surface area contributed by atoms with Gasteiger partial charge in [0.1, 0.15) is 11.5 Å². The Morgan fingerprint density at radius 3 is 1.56 bits per heavy atom. The Morgan fingerprint density at radius 1 is 0.833 bits per heavy atom. The maximum absolute atomic E-state index is 12.5. The maximum Gasteiger partial charge on any atom is 0.161 e. The van der Waals surface area contributed by atoms with Gasteiger partial charge in [0.2, 0.25) is 0 Å². The third kappa shape index (κ3) is 2.44. The molecule has 0 aliphatic carbocycles. The molecule has 0 fully saturated rings. The van der Waals surface area contributed by atoms with E-state index in [0.717, 1.165) is 11.1 Å². The lowest BCUT2D eigenvalue weighted by Crippen LogP contribution is -2.05. The fourth-order valence-electron chi connectivity index (χ4n) is 1.80. The van der Waals surface area contributed by atoms with Gasteiger partial charge >= 0.3 is 0 Å². The van der Waals surface area contributed by atoms with Crippen molar-refractivity contribution in [2.45, 2.75) is 23.6 Å². The third-order valence-corrected chi connectivity index (χ3v) is 4.43. The summed E-state index contributed by atoms with van der Waals surface area (Å²) >= 11 is -1.31. The zero-order valence-corrected chi connectivity index (χ0v) is 11.0. The van der Waals surface area contributed by atoms with Crippen LogP contribution in [0.4, 0.5) is 0 Å². The van der Waals surface area contributed by atoms with Crippen LogP contribution in [0.5, 0.6) is 11.5 Å². The topological polar surface area (TPSA) is 63.5 Å². The second kappa shape index (κ2) is 4.92. The van der Waals surface area contributed by atoms with Crippen LogP contribution in [0.1, 0.15) is 11.1 Å². The number of hydrogen-bond acceptors (Lipinski definition) is 3. The summed E-state index contributed by atoms with van der Waals surface area (Å²) in [6, 6.07) is 9.54. The van der Waals surface area contributed by atoms with Crippen molar-refractivity contribution < 1.29 is 14.8 Å². The fourth-order valence-corrected chi connectivity index (χ4v) is 3.12. The predicted octanol–water partition coefficient (Wildman–Crippen LogP) is 2.88. The average molecular weight is 262 g/mol. The molecule has 4 heteroatoms. The van der Waals surface area contributed by atoms with Gasteiger partial charge in [0.25, 0.3) is 0 Å². The molecule has 0 radical (unpaired) electrons. The first kappa shape index (κ1) is 12.8. The Bertz CT molecular complexity index is 530. The van der Waals surface area contributed by atoms with E-state index in [1.807, 2.05) is 13.8 Å². The number of benzene rings is 2. The number of rotatable bonds is 2. The van der Waals surface area contributed by atoms with Crippen LogP contribution in [-0.4, -0.2) is 14.8 Å². The van der Waals surface area contributed by atoms with Gasteiger partial charge in [-0.25, -0.2) is 0 Å². The molecule has 0 heterocycles. The van der Waals surface area contributed by atoms with E-state index < -0.39 is 11.2 Å². The number of aromatic hydroxyl groups is 2. The third-order valence-electron chi connectivity index (χ3n) is 2.72. The summed E-state index contributed by atoms with van der Waals surface area (Å²) in [5, 5.41) is 18.7. The zero-order chi connectivity index (χ0) is 13.3. The molecule has 0 aliphatic rings. The van der Waals surface area contributed by atoms with Crippen molar-refractivity contribution in [1.82, 2.24) is 0 Å². The van der Waals surface area contributed by atoms with Gasteiger partial charge in [-0.05, 0) is 50.2 Å². The summed E-state index contributed by atoms with van der Waals surface area (Å²) in [7, 11) is 0. The van der Waals surface area contributed by atoms with Crippen LogP contribution in [-0.2, 0) is 11.2 Å². The van der Waals surface area contributed by atoms with Crippen LogP contribution in [0.2, 0.25) is 0 Å². The van der Waals surface area contributed by atoms with Crippen molar-refractivity contribution in [1.29, 1.82) is 0 Å². The molecule has 0 aromatic heterocycles. The second-order valence-electron chi connectivity index (χ2n) is 4.17. The Kier molecular flexibility index (Phi) is 3.50. The standard InChI is InChI=1S/C14H14O3S/c1-9-7-11(15)3-5-13(9)18(17)14-6-4-12(16)8-10(14)2/h3-8,15-16H,1-2H3. The SMILES string of the molecule is Cc1cc(O)ccc1[S+]([O-])c1ccc(O)cc1C. The minimum Gasteiger partial charge on any atom is -0.606 e. The summed E-state index contributed by atoms with van der Waals surface area (Å²) in [5.74, 6) is 0.325. The molecular weight excluding hydrogens is 248 g/mol. The zero-order valence-electron chi connectivity index (χ0n) is 10.2. The van der Waals surface area contributed by atoms with Gasteiger partial charge in [-0.15, -0.1) is 0 Å². The highest BCUT2D eigenvalue weighted by molar-refractivity contribution is 7.91. The second-order valence-corrected chi connectivity index (χ2v) is 5.59. The molecule has 2 rings (SSSR count). The molecule has 0 bridgehead atoms. The Morgan fingerprint density at radius 2 is 1.22 bits per heavy atom. The summed E-state index contributed by atoms with van der Waals surface area (Å²) in [6.45, 7) is 3.62. The van der Waals surface area contributed by atoms with Crippen molar-refractivity contribution in [3.05, 3.63) is 47.5 Å². The minimum absolute atomic E-state index is 0.163. The van der Waals surface area contributed by atoms with Crippen LogP contribution >= 0.6 is 0 Å². The first-order valence-corrected chi connectivity index (χ1v) is 6.65. The molecule has 0 aliphatic heterocycles. The summed E-state index contributed by atoms with van der Waals surface area (Å²) in [4.78, 5) is 1.34. The first-order chi connectivity index (χ1) is 8.49. The van der Waals surface area contributed by atoms with E-state index in [0.29, 0.717) is 9.79 Å². The van der Waals surface area contributed by atoms with E-state index >= 15 is 0 Å². The van der Waals surface area contributed by atoms with Gasteiger partial charge in [-0.1, -0.05) is 0 Å². The minimum atomic E-state index is -1.31. The summed E-state index contributed by atoms with van der Waals surface area (Å²) < 4.78 is 12.5. The molecule has 0 unspecified atom stereocenters. The Labute approximate surface area is 109 Å². The highest BCUT2D eigenvalue weighted by Crippen LogP contribution is 2.29. The molecule has 0 saturated heterocycles. The Hall–Kier alpha value is -1.65. The molecule has 0 amide bonds. The number of phenols is 2. The lowest BCUT2D eigenvalue weighted by Gasteiger charge is -2.14. The normalized spacial score (nSPS) is 10.9. The van der Waals surface area contributed by atoms with E-state index in [1.165, 1.54) is 12.1 Å². The van der Waals surface area contributed by atoms with Crippen molar-refractivity contribution in [2.24, 2.45) is 0 Å². The molecule has 2 aromatic rings. The lowest BCUT2D eigenvalue weighted by atomic mass is 10.2. The van der Waals surface area contributed by atoms with E-state index in [4.69, 9.17) is 0 Å². The highest BCUT2D eigenvalue weighted by Gasteiger charge is 2.20. The largest absolute Gasteiger partial charge is 0.606 e. The van der Waals surface area contributed by atoms with E-state index in [2.05, 4.69) is 0 Å². The molecule has 0 spiro atoms. The van der Waals surface area contributed by atoms with Crippen molar-refractivity contribution in [3.8, 4) is 11.5 Å². The van der Waals surface area contributed by atoms with Crippen LogP contribution < -0.4 is 0 Å². The number of aryl methyl sites for hydroxylation is 2. The quantitative estimate of drug-likeness (QED) is 0.818. The van der Waals surface area contributed by atoms with Gasteiger partial charge in [-0.2, -0.15) is 0 Å². The monoisotopic (exact) mass is 262 g/mol. The fraction of sp³-hybridized carbons (Fsp3) is 0.143. The molecule has 3 nitrogen and oxygen atoms in total. The van der Waals surface area contributed by atoms with Crippen molar-refractivity contribution >= 4 is 11.2 Å². The van der Waals surface area contributed by atoms with E-state index in [9.17, 15) is 14.8 Å². The van der Waals surface area contributed by atoms with Gasteiger partial charge in [0.15, 0.2) is 9.79 Å². The van der Waals surface area contributed by atoms with Gasteiger partial charge in [-0.3, -0.25) is 0 Å². The van der Waals surface area contributed by atoms with Crippen LogP contribution in [0.15, 0.2) is 46.2 Å². The van der Waals surface area contributed by atoms with E-state index in [-0.39, 0.29) is 11.5 Å². The molecule has 0 atom stereocenters. The van der Waals surface area contributed by atoms with E-state index in [1.54, 1.807) is 24.3 Å². The maximum atomic E-state index is 12.5. The average Bonchev–Trinajstić information content (AvgIpc) is 2.28. The predicted molar refractivity (Wildman–Crippen MR) is 70.4 cm³/mol. The van der Waals surface area contributed by atoms with Crippen molar-refractivity contribution in [3.63, 3.8) is 0 Å². The van der Waals surface area contributed by atoms with Crippen LogP contribution in [0, 0.1) is 13.8 Å². The summed E-state index contributed by atoms with van der Waals surface area (Å²) in [5.41, 5.74) is 1.56. The molecule has 0 saturated carbocycles. The smallest absolute Gasteiger partial charge is 0.161 e. The van der Waals surface area contributed by atoms with Gasteiger partial charge in [0, 0.05) is 22.3 Å². The molecule has 2 aromatic carbocycles. The number of phenolic OH excluding ortho intramolecular Hbond substituents is 2. The first-order valence-electron chi connectivity index (χ1n) is 5.50. The van der Waals surface area contributed by atoms with Crippen LogP contribution in [0.25, 0.3) is 0 Å². The van der Waals surface area contributed by atoms with Crippen LogP contribution in [0.3, 0.4) is 0 Å². The molecule has 2 N–H and O–H groups in total. The molecule has 18 heavy (non-hydrogen) atoms. The highest BCUT2D eigenvalue weighted by atomic mass is 32.2. The molecule has 94 valence electrons.